The molecule has 0 aliphatic heterocycles. The van der Waals surface area contributed by atoms with Gasteiger partial charge in [-0.25, -0.2) is 4.98 Å². The zero-order valence-electron chi connectivity index (χ0n) is 10.6. The number of aromatic nitrogens is 2. The van der Waals surface area contributed by atoms with Crippen LogP contribution in [0.2, 0.25) is 0 Å². The van der Waals surface area contributed by atoms with Crippen molar-refractivity contribution in [2.45, 2.75) is 45.8 Å². The lowest BCUT2D eigenvalue weighted by Crippen LogP contribution is -2.07. The second-order valence-electron chi connectivity index (χ2n) is 4.49. The first kappa shape index (κ1) is 12.1. The molecule has 0 aliphatic rings. The Labute approximate surface area is 102 Å². The third-order valence-electron chi connectivity index (χ3n) is 3.04. The fourth-order valence-electron chi connectivity index (χ4n) is 2.17. The Balaban J connectivity index is 2.37. The number of aryl methyl sites for hydroxylation is 1. The van der Waals surface area contributed by atoms with Gasteiger partial charge in [0, 0.05) is 6.54 Å². The number of benzene rings is 1. The van der Waals surface area contributed by atoms with Crippen molar-refractivity contribution in [3.05, 3.63) is 30.1 Å². The minimum absolute atomic E-state index is 0.510. The summed E-state index contributed by atoms with van der Waals surface area (Å²) in [5, 5.41) is 9.78. The minimum Gasteiger partial charge on any atom is -0.385 e. The van der Waals surface area contributed by atoms with Crippen molar-refractivity contribution >= 4 is 11.0 Å². The fourth-order valence-corrected chi connectivity index (χ4v) is 2.17. The van der Waals surface area contributed by atoms with Gasteiger partial charge in [0.2, 0.25) is 0 Å². The van der Waals surface area contributed by atoms with Gasteiger partial charge < -0.3 is 9.67 Å². The maximum Gasteiger partial charge on any atom is 0.138 e. The first-order chi connectivity index (χ1) is 8.24. The Hall–Kier alpha value is -1.35. The Bertz CT molecular complexity index is 488. The maximum atomic E-state index is 9.78. The second-order valence-corrected chi connectivity index (χ2v) is 4.49. The van der Waals surface area contributed by atoms with Crippen LogP contribution in [0.25, 0.3) is 11.0 Å². The summed E-state index contributed by atoms with van der Waals surface area (Å²) >= 11 is 0. The lowest BCUT2D eigenvalue weighted by molar-refractivity contribution is 0.184. The van der Waals surface area contributed by atoms with Crippen molar-refractivity contribution in [1.29, 1.82) is 0 Å². The molecule has 0 unspecified atom stereocenters. The van der Waals surface area contributed by atoms with Gasteiger partial charge in [0.15, 0.2) is 0 Å². The predicted octanol–water partition coefficient (Wildman–Crippen LogP) is 3.28. The normalized spacial score (nSPS) is 13.1. The van der Waals surface area contributed by atoms with Crippen molar-refractivity contribution in [2.75, 3.05) is 0 Å². The minimum atomic E-state index is -0.510. The number of hydrogen-bond acceptors (Lipinski definition) is 2. The summed E-state index contributed by atoms with van der Waals surface area (Å²) in [6.45, 7) is 4.91. The highest BCUT2D eigenvalue weighted by atomic mass is 16.3. The summed E-state index contributed by atoms with van der Waals surface area (Å²) in [5.74, 6) is 0.780. The number of hydrogen-bond donors (Lipinski definition) is 1. The number of unbranched alkanes of at least 4 members (excludes halogenated alkanes) is 2. The molecule has 0 radical (unpaired) electrons. The SMILES string of the molecule is CCCCCn1c([C@@H](C)O)nc2ccccc21. The Morgan fingerprint density at radius 3 is 2.76 bits per heavy atom. The molecule has 0 saturated heterocycles. The van der Waals surface area contributed by atoms with Crippen LogP contribution in [0.4, 0.5) is 0 Å². The second kappa shape index (κ2) is 5.32. The monoisotopic (exact) mass is 232 g/mol. The molecule has 1 atom stereocenters. The van der Waals surface area contributed by atoms with Gasteiger partial charge >= 0.3 is 0 Å². The van der Waals surface area contributed by atoms with Crippen molar-refractivity contribution in [1.82, 2.24) is 9.55 Å². The van der Waals surface area contributed by atoms with Gasteiger partial charge in [0.05, 0.1) is 11.0 Å². The molecule has 0 spiro atoms. The molecular formula is C14H20N2O. The first-order valence-corrected chi connectivity index (χ1v) is 6.37. The first-order valence-electron chi connectivity index (χ1n) is 6.37. The van der Waals surface area contributed by atoms with E-state index in [1.807, 2.05) is 18.2 Å². The van der Waals surface area contributed by atoms with E-state index in [1.54, 1.807) is 6.92 Å². The average molecular weight is 232 g/mol. The summed E-state index contributed by atoms with van der Waals surface area (Å²) < 4.78 is 2.15. The lowest BCUT2D eigenvalue weighted by atomic mass is 10.2. The van der Waals surface area contributed by atoms with Crippen molar-refractivity contribution in [3.8, 4) is 0 Å². The van der Waals surface area contributed by atoms with E-state index in [2.05, 4.69) is 22.5 Å². The molecule has 0 fully saturated rings. The van der Waals surface area contributed by atoms with Crippen LogP contribution >= 0.6 is 0 Å². The van der Waals surface area contributed by atoms with Gasteiger partial charge in [-0.2, -0.15) is 0 Å². The summed E-state index contributed by atoms with van der Waals surface area (Å²) in [5.41, 5.74) is 2.10. The third kappa shape index (κ3) is 2.50. The smallest absolute Gasteiger partial charge is 0.138 e. The molecule has 0 bridgehead atoms. The van der Waals surface area contributed by atoms with Crippen LogP contribution in [-0.4, -0.2) is 14.7 Å². The van der Waals surface area contributed by atoms with E-state index in [1.165, 1.54) is 12.8 Å². The molecule has 0 amide bonds. The van der Waals surface area contributed by atoms with Crippen LogP contribution in [0.3, 0.4) is 0 Å². The van der Waals surface area contributed by atoms with E-state index in [0.717, 1.165) is 29.8 Å². The number of rotatable bonds is 5. The van der Waals surface area contributed by atoms with Gasteiger partial charge in [-0.3, -0.25) is 0 Å². The molecule has 92 valence electrons. The Kier molecular flexibility index (Phi) is 3.79. The molecule has 3 nitrogen and oxygen atoms in total. The van der Waals surface area contributed by atoms with Crippen LogP contribution in [0.1, 0.15) is 45.0 Å². The van der Waals surface area contributed by atoms with Gasteiger partial charge in [0.25, 0.3) is 0 Å². The number of imidazole rings is 1. The number of para-hydroxylation sites is 2. The van der Waals surface area contributed by atoms with Crippen LogP contribution in [0, 0.1) is 0 Å². The molecule has 2 rings (SSSR count). The Morgan fingerprint density at radius 1 is 1.29 bits per heavy atom. The van der Waals surface area contributed by atoms with E-state index in [-0.39, 0.29) is 0 Å². The van der Waals surface area contributed by atoms with Crippen LogP contribution < -0.4 is 0 Å². The summed E-state index contributed by atoms with van der Waals surface area (Å²) in [6, 6.07) is 8.07. The number of aliphatic hydroxyl groups excluding tert-OH is 1. The largest absolute Gasteiger partial charge is 0.385 e. The average Bonchev–Trinajstić information content (AvgIpc) is 2.69. The highest BCUT2D eigenvalue weighted by Gasteiger charge is 2.13. The van der Waals surface area contributed by atoms with E-state index in [0.29, 0.717) is 0 Å². The molecule has 1 N–H and O–H groups in total. The Morgan fingerprint density at radius 2 is 2.06 bits per heavy atom. The lowest BCUT2D eigenvalue weighted by Gasteiger charge is -2.10. The number of aliphatic hydroxyl groups is 1. The van der Waals surface area contributed by atoms with Gasteiger partial charge in [-0.1, -0.05) is 31.9 Å². The summed E-state index contributed by atoms with van der Waals surface area (Å²) in [6.07, 6.45) is 3.04. The molecule has 0 aliphatic carbocycles. The number of nitrogens with zero attached hydrogens (tertiary/aromatic N) is 2. The van der Waals surface area contributed by atoms with Crippen LogP contribution in [-0.2, 0) is 6.54 Å². The third-order valence-corrected chi connectivity index (χ3v) is 3.04. The molecule has 0 saturated carbocycles. The zero-order valence-corrected chi connectivity index (χ0v) is 10.6. The van der Waals surface area contributed by atoms with Gasteiger partial charge in [-0.15, -0.1) is 0 Å². The number of fused-ring (bicyclic) bond motifs is 1. The van der Waals surface area contributed by atoms with Crippen molar-refractivity contribution in [3.63, 3.8) is 0 Å². The van der Waals surface area contributed by atoms with Crippen molar-refractivity contribution in [2.24, 2.45) is 0 Å². The molecule has 1 aromatic carbocycles. The molecular weight excluding hydrogens is 212 g/mol. The molecule has 1 heterocycles. The maximum absolute atomic E-state index is 9.78. The van der Waals surface area contributed by atoms with E-state index >= 15 is 0 Å². The summed E-state index contributed by atoms with van der Waals surface area (Å²) in [4.78, 5) is 4.50. The van der Waals surface area contributed by atoms with Gasteiger partial charge in [-0.05, 0) is 25.5 Å². The van der Waals surface area contributed by atoms with Crippen LogP contribution in [0.15, 0.2) is 24.3 Å². The standard InChI is InChI=1S/C14H20N2O/c1-3-4-7-10-16-13-9-6-5-8-12(13)15-14(16)11(2)17/h5-6,8-9,11,17H,3-4,7,10H2,1-2H3/t11-/m1/s1. The molecule has 2 aromatic rings. The molecule has 3 heteroatoms. The highest BCUT2D eigenvalue weighted by Crippen LogP contribution is 2.21. The predicted molar refractivity (Wildman–Crippen MR) is 69.9 cm³/mol. The van der Waals surface area contributed by atoms with Crippen LogP contribution in [0.5, 0.6) is 0 Å². The van der Waals surface area contributed by atoms with Gasteiger partial charge in [0.1, 0.15) is 11.9 Å². The quantitative estimate of drug-likeness (QED) is 0.803. The molecule has 1 aromatic heterocycles. The van der Waals surface area contributed by atoms with E-state index in [4.69, 9.17) is 0 Å². The molecule has 17 heavy (non-hydrogen) atoms. The highest BCUT2D eigenvalue weighted by molar-refractivity contribution is 5.75. The van der Waals surface area contributed by atoms with E-state index in [9.17, 15) is 5.11 Å². The van der Waals surface area contributed by atoms with E-state index < -0.39 is 6.10 Å². The fraction of sp³-hybridized carbons (Fsp3) is 0.500. The summed E-state index contributed by atoms with van der Waals surface area (Å²) in [7, 11) is 0. The van der Waals surface area contributed by atoms with Crippen molar-refractivity contribution < 1.29 is 5.11 Å². The zero-order chi connectivity index (χ0) is 12.3. The topological polar surface area (TPSA) is 38.0 Å².